The van der Waals surface area contributed by atoms with Gasteiger partial charge in [0.1, 0.15) is 0 Å². The maximum absolute atomic E-state index is 11.6. The molecule has 1 unspecified atom stereocenters. The Balaban J connectivity index is 2.20. The number of hydrogen-bond acceptors (Lipinski definition) is 3. The Morgan fingerprint density at radius 2 is 2.22 bits per heavy atom. The van der Waals surface area contributed by atoms with Crippen LogP contribution >= 0.6 is 0 Å². The third-order valence-corrected chi connectivity index (χ3v) is 3.24. The maximum atomic E-state index is 11.6. The van der Waals surface area contributed by atoms with Crippen molar-refractivity contribution in [1.82, 2.24) is 0 Å². The SMILES string of the molecule is CCCCCC(C(N)=O)c1cccc2c1OCO2. The molecule has 98 valence electrons. The van der Waals surface area contributed by atoms with Crippen molar-refractivity contribution in [1.29, 1.82) is 0 Å². The first-order valence-electron chi connectivity index (χ1n) is 6.42. The Morgan fingerprint density at radius 3 is 2.94 bits per heavy atom. The standard InChI is InChI=1S/C14H19NO3/c1-2-3-4-6-11(14(15)16)10-7-5-8-12-13(10)18-9-17-12/h5,7-8,11H,2-4,6,9H2,1H3,(H2,15,16). The molecule has 0 aromatic heterocycles. The van der Waals surface area contributed by atoms with Gasteiger partial charge >= 0.3 is 0 Å². The molecule has 2 rings (SSSR count). The third kappa shape index (κ3) is 2.58. The van der Waals surface area contributed by atoms with Crippen molar-refractivity contribution in [2.75, 3.05) is 6.79 Å². The van der Waals surface area contributed by atoms with E-state index in [0.717, 1.165) is 31.2 Å². The summed E-state index contributed by atoms with van der Waals surface area (Å²) in [4.78, 5) is 11.6. The van der Waals surface area contributed by atoms with Crippen molar-refractivity contribution in [3.63, 3.8) is 0 Å². The number of amides is 1. The molecule has 0 fully saturated rings. The van der Waals surface area contributed by atoms with E-state index in [-0.39, 0.29) is 18.6 Å². The average molecular weight is 249 g/mol. The molecule has 1 aromatic carbocycles. The Labute approximate surface area is 107 Å². The van der Waals surface area contributed by atoms with Crippen molar-refractivity contribution < 1.29 is 14.3 Å². The molecule has 2 N–H and O–H groups in total. The van der Waals surface area contributed by atoms with E-state index in [0.29, 0.717) is 11.5 Å². The van der Waals surface area contributed by atoms with E-state index >= 15 is 0 Å². The maximum Gasteiger partial charge on any atom is 0.231 e. The summed E-state index contributed by atoms with van der Waals surface area (Å²) in [6.07, 6.45) is 3.99. The van der Waals surface area contributed by atoms with Gasteiger partial charge in [-0.3, -0.25) is 4.79 Å². The van der Waals surface area contributed by atoms with E-state index in [1.165, 1.54) is 0 Å². The van der Waals surface area contributed by atoms with Crippen molar-refractivity contribution in [2.24, 2.45) is 5.73 Å². The van der Waals surface area contributed by atoms with Gasteiger partial charge in [-0.15, -0.1) is 0 Å². The lowest BCUT2D eigenvalue weighted by Gasteiger charge is -2.15. The zero-order valence-corrected chi connectivity index (χ0v) is 10.6. The first-order valence-corrected chi connectivity index (χ1v) is 6.42. The summed E-state index contributed by atoms with van der Waals surface area (Å²) in [6.45, 7) is 2.35. The first-order chi connectivity index (χ1) is 8.74. The summed E-state index contributed by atoms with van der Waals surface area (Å²) in [5, 5.41) is 0. The van der Waals surface area contributed by atoms with Crippen molar-refractivity contribution in [3.8, 4) is 11.5 Å². The number of carbonyl (C=O) groups excluding carboxylic acids is 1. The Hall–Kier alpha value is -1.71. The van der Waals surface area contributed by atoms with E-state index in [4.69, 9.17) is 15.2 Å². The fourth-order valence-corrected chi connectivity index (χ4v) is 2.28. The van der Waals surface area contributed by atoms with Gasteiger partial charge in [0.25, 0.3) is 0 Å². The molecule has 0 bridgehead atoms. The van der Waals surface area contributed by atoms with Crippen LogP contribution in [0.5, 0.6) is 11.5 Å². The molecular formula is C14H19NO3. The summed E-state index contributed by atoms with van der Waals surface area (Å²) in [5.41, 5.74) is 6.36. The number of rotatable bonds is 6. The number of nitrogens with two attached hydrogens (primary N) is 1. The number of benzene rings is 1. The normalized spacial score (nSPS) is 14.5. The highest BCUT2D eigenvalue weighted by atomic mass is 16.7. The van der Waals surface area contributed by atoms with Crippen LogP contribution in [0.25, 0.3) is 0 Å². The number of carbonyl (C=O) groups is 1. The molecule has 1 heterocycles. The van der Waals surface area contributed by atoms with Gasteiger partial charge in [0.15, 0.2) is 11.5 Å². The summed E-state index contributed by atoms with van der Waals surface area (Å²) < 4.78 is 10.8. The summed E-state index contributed by atoms with van der Waals surface area (Å²) in [6, 6.07) is 5.61. The second kappa shape index (κ2) is 5.76. The van der Waals surface area contributed by atoms with Crippen LogP contribution in [0.1, 0.15) is 44.1 Å². The van der Waals surface area contributed by atoms with E-state index in [9.17, 15) is 4.79 Å². The predicted molar refractivity (Wildman–Crippen MR) is 68.6 cm³/mol. The predicted octanol–water partition coefficient (Wildman–Crippen LogP) is 2.56. The van der Waals surface area contributed by atoms with Crippen LogP contribution < -0.4 is 15.2 Å². The van der Waals surface area contributed by atoms with Crippen molar-refractivity contribution >= 4 is 5.91 Å². The molecule has 1 aromatic rings. The van der Waals surface area contributed by atoms with Crippen LogP contribution in [0.4, 0.5) is 0 Å². The van der Waals surface area contributed by atoms with Gasteiger partial charge in [-0.25, -0.2) is 0 Å². The number of hydrogen-bond donors (Lipinski definition) is 1. The summed E-state index contributed by atoms with van der Waals surface area (Å²) in [5.74, 6) is 0.801. The second-order valence-corrected chi connectivity index (χ2v) is 4.53. The highest BCUT2D eigenvalue weighted by molar-refractivity contribution is 5.83. The van der Waals surface area contributed by atoms with Crippen molar-refractivity contribution in [3.05, 3.63) is 23.8 Å². The first kappa shape index (κ1) is 12.7. The van der Waals surface area contributed by atoms with Gasteiger partial charge < -0.3 is 15.2 Å². The van der Waals surface area contributed by atoms with Gasteiger partial charge in [-0.05, 0) is 12.5 Å². The molecule has 1 atom stereocenters. The van der Waals surface area contributed by atoms with Crippen LogP contribution in [0, 0.1) is 0 Å². The molecule has 0 saturated carbocycles. The highest BCUT2D eigenvalue weighted by Gasteiger charge is 2.26. The van der Waals surface area contributed by atoms with Crippen LogP contribution in [-0.2, 0) is 4.79 Å². The summed E-state index contributed by atoms with van der Waals surface area (Å²) >= 11 is 0. The molecule has 1 aliphatic rings. The molecule has 1 amide bonds. The molecule has 0 spiro atoms. The zero-order valence-electron chi connectivity index (χ0n) is 10.6. The highest BCUT2D eigenvalue weighted by Crippen LogP contribution is 2.40. The molecule has 18 heavy (non-hydrogen) atoms. The van der Waals surface area contributed by atoms with Gasteiger partial charge in [0.2, 0.25) is 12.7 Å². The van der Waals surface area contributed by atoms with Gasteiger partial charge in [0, 0.05) is 5.56 Å². The smallest absolute Gasteiger partial charge is 0.231 e. The monoisotopic (exact) mass is 249 g/mol. The minimum atomic E-state index is -0.296. The van der Waals surface area contributed by atoms with E-state index < -0.39 is 0 Å². The minimum Gasteiger partial charge on any atom is -0.454 e. The van der Waals surface area contributed by atoms with Gasteiger partial charge in [0.05, 0.1) is 5.92 Å². The largest absolute Gasteiger partial charge is 0.454 e. The quantitative estimate of drug-likeness (QED) is 0.788. The fourth-order valence-electron chi connectivity index (χ4n) is 2.28. The Morgan fingerprint density at radius 1 is 1.39 bits per heavy atom. The number of fused-ring (bicyclic) bond motifs is 1. The fraction of sp³-hybridized carbons (Fsp3) is 0.500. The van der Waals surface area contributed by atoms with Crippen LogP contribution in [0.3, 0.4) is 0 Å². The molecule has 0 aliphatic carbocycles. The molecule has 4 heteroatoms. The lowest BCUT2D eigenvalue weighted by atomic mass is 9.91. The molecule has 1 aliphatic heterocycles. The molecular weight excluding hydrogens is 230 g/mol. The Bertz CT molecular complexity index is 431. The van der Waals surface area contributed by atoms with E-state index in [1.54, 1.807) is 0 Å². The minimum absolute atomic E-state index is 0.215. The molecule has 0 saturated heterocycles. The molecule has 4 nitrogen and oxygen atoms in total. The Kier molecular flexibility index (Phi) is 4.07. The van der Waals surface area contributed by atoms with Crippen LogP contribution in [0.2, 0.25) is 0 Å². The number of unbranched alkanes of at least 4 members (excludes halogenated alkanes) is 2. The lowest BCUT2D eigenvalue weighted by Crippen LogP contribution is -2.21. The third-order valence-electron chi connectivity index (χ3n) is 3.24. The zero-order chi connectivity index (χ0) is 13.0. The van der Waals surface area contributed by atoms with Crippen molar-refractivity contribution in [2.45, 2.75) is 38.5 Å². The number of para-hydroxylation sites is 1. The summed E-state index contributed by atoms with van der Waals surface area (Å²) in [7, 11) is 0. The van der Waals surface area contributed by atoms with Crippen LogP contribution in [-0.4, -0.2) is 12.7 Å². The number of ether oxygens (including phenoxy) is 2. The van der Waals surface area contributed by atoms with E-state index in [1.807, 2.05) is 18.2 Å². The molecule has 0 radical (unpaired) electrons. The lowest BCUT2D eigenvalue weighted by molar-refractivity contribution is -0.119. The van der Waals surface area contributed by atoms with E-state index in [2.05, 4.69) is 6.92 Å². The topological polar surface area (TPSA) is 61.6 Å². The van der Waals surface area contributed by atoms with Gasteiger partial charge in [-0.1, -0.05) is 38.3 Å². The average Bonchev–Trinajstić information content (AvgIpc) is 2.82. The van der Waals surface area contributed by atoms with Crippen LogP contribution in [0.15, 0.2) is 18.2 Å². The number of primary amides is 1. The van der Waals surface area contributed by atoms with Gasteiger partial charge in [-0.2, -0.15) is 0 Å². The second-order valence-electron chi connectivity index (χ2n) is 4.53.